The molecule has 1 aromatic rings. The predicted octanol–water partition coefficient (Wildman–Crippen LogP) is 2.65. The highest BCUT2D eigenvalue weighted by atomic mass is 19.1. The molecule has 0 spiro atoms. The highest BCUT2D eigenvalue weighted by Crippen LogP contribution is 2.18. The molecule has 2 unspecified atom stereocenters. The normalized spacial score (nSPS) is 22.9. The second-order valence-electron chi connectivity index (χ2n) is 5.46. The number of rotatable bonds is 4. The van der Waals surface area contributed by atoms with E-state index in [9.17, 15) is 4.39 Å². The van der Waals surface area contributed by atoms with Crippen LogP contribution in [-0.2, 0) is 6.54 Å². The molecule has 0 saturated carbocycles. The maximum Gasteiger partial charge on any atom is 0.123 e. The molecule has 1 N–H and O–H groups in total. The molecule has 1 saturated heterocycles. The van der Waals surface area contributed by atoms with Crippen molar-refractivity contribution in [2.24, 2.45) is 5.92 Å². The Labute approximate surface area is 109 Å². The van der Waals surface area contributed by atoms with E-state index in [0.717, 1.165) is 18.0 Å². The second kappa shape index (κ2) is 6.30. The van der Waals surface area contributed by atoms with E-state index in [1.807, 2.05) is 12.1 Å². The summed E-state index contributed by atoms with van der Waals surface area (Å²) in [7, 11) is 2.19. The van der Waals surface area contributed by atoms with Gasteiger partial charge in [0.1, 0.15) is 5.82 Å². The summed E-state index contributed by atoms with van der Waals surface area (Å²) in [6.45, 7) is 5.48. The molecule has 1 aliphatic rings. The highest BCUT2D eigenvalue weighted by Gasteiger charge is 2.22. The number of likely N-dealkylation sites (tertiary alicyclic amines) is 1. The summed E-state index contributed by atoms with van der Waals surface area (Å²) in [6.07, 6.45) is 2.60. The molecule has 0 bridgehead atoms. The van der Waals surface area contributed by atoms with Gasteiger partial charge in [-0.2, -0.15) is 0 Å². The lowest BCUT2D eigenvalue weighted by Gasteiger charge is -2.34. The molecule has 1 fully saturated rings. The first kappa shape index (κ1) is 13.5. The zero-order valence-corrected chi connectivity index (χ0v) is 11.3. The molecule has 0 aromatic heterocycles. The average Bonchev–Trinajstić information content (AvgIpc) is 2.38. The fourth-order valence-corrected chi connectivity index (χ4v) is 2.66. The van der Waals surface area contributed by atoms with Gasteiger partial charge in [-0.15, -0.1) is 0 Å². The fourth-order valence-electron chi connectivity index (χ4n) is 2.66. The van der Waals surface area contributed by atoms with Gasteiger partial charge in [0.15, 0.2) is 0 Å². The van der Waals surface area contributed by atoms with Crippen molar-refractivity contribution in [2.45, 2.75) is 32.4 Å². The van der Waals surface area contributed by atoms with Crippen LogP contribution in [0.25, 0.3) is 0 Å². The van der Waals surface area contributed by atoms with E-state index < -0.39 is 0 Å². The second-order valence-corrected chi connectivity index (χ2v) is 5.46. The molecule has 1 aliphatic heterocycles. The van der Waals surface area contributed by atoms with E-state index in [-0.39, 0.29) is 5.82 Å². The van der Waals surface area contributed by atoms with Crippen LogP contribution in [0.5, 0.6) is 0 Å². The van der Waals surface area contributed by atoms with Crippen LogP contribution in [0.15, 0.2) is 24.3 Å². The SMILES string of the molecule is CC(NCc1ccc(F)cc1)C1CCCN(C)C1. The van der Waals surface area contributed by atoms with Gasteiger partial charge >= 0.3 is 0 Å². The number of halogens is 1. The Kier molecular flexibility index (Phi) is 4.72. The molecule has 0 amide bonds. The van der Waals surface area contributed by atoms with E-state index in [0.29, 0.717) is 6.04 Å². The van der Waals surface area contributed by atoms with Crippen LogP contribution in [0.2, 0.25) is 0 Å². The smallest absolute Gasteiger partial charge is 0.123 e. The first-order valence-electron chi connectivity index (χ1n) is 6.81. The summed E-state index contributed by atoms with van der Waals surface area (Å²) in [4.78, 5) is 2.41. The number of piperidine rings is 1. The van der Waals surface area contributed by atoms with E-state index in [1.54, 1.807) is 0 Å². The molecular formula is C15H23FN2. The summed E-state index contributed by atoms with van der Waals surface area (Å²) in [6, 6.07) is 7.26. The molecule has 0 radical (unpaired) electrons. The Morgan fingerprint density at radius 3 is 2.78 bits per heavy atom. The molecule has 0 aliphatic carbocycles. The first-order chi connectivity index (χ1) is 8.65. The highest BCUT2D eigenvalue weighted by molar-refractivity contribution is 5.15. The lowest BCUT2D eigenvalue weighted by Crippen LogP contribution is -2.42. The lowest BCUT2D eigenvalue weighted by atomic mass is 9.92. The van der Waals surface area contributed by atoms with Gasteiger partial charge in [0, 0.05) is 19.1 Å². The third-order valence-corrected chi connectivity index (χ3v) is 3.91. The number of hydrogen-bond donors (Lipinski definition) is 1. The van der Waals surface area contributed by atoms with Crippen LogP contribution in [0.1, 0.15) is 25.3 Å². The van der Waals surface area contributed by atoms with Crippen LogP contribution in [0.3, 0.4) is 0 Å². The van der Waals surface area contributed by atoms with E-state index in [4.69, 9.17) is 0 Å². The largest absolute Gasteiger partial charge is 0.310 e. The summed E-state index contributed by atoms with van der Waals surface area (Å²) >= 11 is 0. The first-order valence-corrected chi connectivity index (χ1v) is 6.81. The minimum absolute atomic E-state index is 0.166. The third kappa shape index (κ3) is 3.79. The van der Waals surface area contributed by atoms with Crippen LogP contribution in [0.4, 0.5) is 4.39 Å². The Morgan fingerprint density at radius 2 is 2.11 bits per heavy atom. The predicted molar refractivity (Wildman–Crippen MR) is 72.9 cm³/mol. The molecule has 2 rings (SSSR count). The van der Waals surface area contributed by atoms with Crippen LogP contribution in [-0.4, -0.2) is 31.1 Å². The van der Waals surface area contributed by atoms with Gasteiger partial charge in [0.05, 0.1) is 0 Å². The van der Waals surface area contributed by atoms with Gasteiger partial charge in [-0.25, -0.2) is 4.39 Å². The quantitative estimate of drug-likeness (QED) is 0.883. The minimum atomic E-state index is -0.166. The molecule has 18 heavy (non-hydrogen) atoms. The van der Waals surface area contributed by atoms with Crippen molar-refractivity contribution >= 4 is 0 Å². The average molecular weight is 250 g/mol. The van der Waals surface area contributed by atoms with Crippen molar-refractivity contribution in [3.8, 4) is 0 Å². The van der Waals surface area contributed by atoms with Crippen molar-refractivity contribution in [1.29, 1.82) is 0 Å². The molecule has 2 atom stereocenters. The van der Waals surface area contributed by atoms with E-state index in [2.05, 4.69) is 24.2 Å². The maximum atomic E-state index is 12.8. The molecular weight excluding hydrogens is 227 g/mol. The van der Waals surface area contributed by atoms with Gasteiger partial charge < -0.3 is 10.2 Å². The minimum Gasteiger partial charge on any atom is -0.310 e. The van der Waals surface area contributed by atoms with Gasteiger partial charge in [-0.1, -0.05) is 12.1 Å². The topological polar surface area (TPSA) is 15.3 Å². The van der Waals surface area contributed by atoms with Gasteiger partial charge in [-0.05, 0) is 57.0 Å². The Bertz CT molecular complexity index is 363. The summed E-state index contributed by atoms with van der Waals surface area (Å²) in [5.41, 5.74) is 1.15. The molecule has 1 heterocycles. The maximum absolute atomic E-state index is 12.8. The van der Waals surface area contributed by atoms with Crippen LogP contribution >= 0.6 is 0 Å². The van der Waals surface area contributed by atoms with Crippen molar-refractivity contribution < 1.29 is 4.39 Å². The van der Waals surface area contributed by atoms with Gasteiger partial charge in [-0.3, -0.25) is 0 Å². The Balaban J connectivity index is 1.80. The number of nitrogens with zero attached hydrogens (tertiary/aromatic N) is 1. The van der Waals surface area contributed by atoms with Crippen molar-refractivity contribution in [3.05, 3.63) is 35.6 Å². The lowest BCUT2D eigenvalue weighted by molar-refractivity contribution is 0.178. The fraction of sp³-hybridized carbons (Fsp3) is 0.600. The van der Waals surface area contributed by atoms with E-state index >= 15 is 0 Å². The van der Waals surface area contributed by atoms with Crippen LogP contribution < -0.4 is 5.32 Å². The molecule has 100 valence electrons. The van der Waals surface area contributed by atoms with Crippen molar-refractivity contribution in [2.75, 3.05) is 20.1 Å². The number of nitrogens with one attached hydrogen (secondary N) is 1. The van der Waals surface area contributed by atoms with Crippen LogP contribution in [0, 0.1) is 11.7 Å². The van der Waals surface area contributed by atoms with Gasteiger partial charge in [0.25, 0.3) is 0 Å². The zero-order chi connectivity index (χ0) is 13.0. The number of hydrogen-bond acceptors (Lipinski definition) is 2. The monoisotopic (exact) mass is 250 g/mol. The number of benzene rings is 1. The zero-order valence-electron chi connectivity index (χ0n) is 11.3. The molecule has 1 aromatic carbocycles. The van der Waals surface area contributed by atoms with Crippen molar-refractivity contribution in [1.82, 2.24) is 10.2 Å². The third-order valence-electron chi connectivity index (χ3n) is 3.91. The van der Waals surface area contributed by atoms with Crippen molar-refractivity contribution in [3.63, 3.8) is 0 Å². The summed E-state index contributed by atoms with van der Waals surface area (Å²) in [5, 5.41) is 3.56. The Hall–Kier alpha value is -0.930. The van der Waals surface area contributed by atoms with Gasteiger partial charge in [0.2, 0.25) is 0 Å². The summed E-state index contributed by atoms with van der Waals surface area (Å²) < 4.78 is 12.8. The van der Waals surface area contributed by atoms with E-state index in [1.165, 1.54) is 38.1 Å². The summed E-state index contributed by atoms with van der Waals surface area (Å²) in [5.74, 6) is 0.560. The standard InChI is InChI=1S/C15H23FN2/c1-12(14-4-3-9-18(2)11-14)17-10-13-5-7-15(16)8-6-13/h5-8,12,14,17H,3-4,9-11H2,1-2H3. The Morgan fingerprint density at radius 1 is 1.39 bits per heavy atom. The molecule has 3 heteroatoms. The molecule has 2 nitrogen and oxygen atoms in total.